The Morgan fingerprint density at radius 2 is 2.10 bits per heavy atom. The van der Waals surface area contributed by atoms with Crippen molar-refractivity contribution >= 4 is 21.9 Å². The topological polar surface area (TPSA) is 104 Å². The first-order valence-corrected chi connectivity index (χ1v) is 8.91. The summed E-state index contributed by atoms with van der Waals surface area (Å²) in [6, 6.07) is -0.815. The highest BCUT2D eigenvalue weighted by Crippen LogP contribution is 2.20. The average molecular weight is 320 g/mol. The highest BCUT2D eigenvalue weighted by atomic mass is 32.2. The van der Waals surface area contributed by atoms with Crippen LogP contribution >= 0.6 is 0 Å². The summed E-state index contributed by atoms with van der Waals surface area (Å²) >= 11 is 0. The first kappa shape index (κ1) is 17.9. The van der Waals surface area contributed by atoms with E-state index in [4.69, 9.17) is 5.11 Å². The summed E-state index contributed by atoms with van der Waals surface area (Å²) < 4.78 is 25.7. The maximum Gasteiger partial charge on any atom is 0.303 e. The van der Waals surface area contributed by atoms with Crippen molar-refractivity contribution in [1.29, 1.82) is 0 Å². The third kappa shape index (κ3) is 6.01. The van der Waals surface area contributed by atoms with Crippen LogP contribution in [0.15, 0.2) is 0 Å². The number of carbonyl (C=O) groups is 2. The third-order valence-corrected chi connectivity index (χ3v) is 5.15. The Morgan fingerprint density at radius 3 is 2.67 bits per heavy atom. The molecule has 1 amide bonds. The summed E-state index contributed by atoms with van der Waals surface area (Å²) in [4.78, 5) is 24.6. The molecule has 0 aliphatic carbocycles. The fourth-order valence-electron chi connectivity index (χ4n) is 2.60. The number of nitrogens with zero attached hydrogens (tertiary/aromatic N) is 1. The number of sulfonamides is 1. The van der Waals surface area contributed by atoms with E-state index >= 15 is 0 Å². The van der Waals surface area contributed by atoms with E-state index in [0.717, 1.165) is 12.8 Å². The molecule has 1 aliphatic rings. The highest BCUT2D eigenvalue weighted by Gasteiger charge is 2.29. The Hall–Kier alpha value is -1.15. The predicted molar refractivity (Wildman–Crippen MR) is 78.2 cm³/mol. The number of amides is 1. The van der Waals surface area contributed by atoms with Crippen molar-refractivity contribution in [3.63, 3.8) is 0 Å². The Kier molecular flexibility index (Phi) is 6.60. The van der Waals surface area contributed by atoms with E-state index in [-0.39, 0.29) is 24.0 Å². The molecule has 0 aromatic carbocycles. The van der Waals surface area contributed by atoms with Crippen LogP contribution in [0.25, 0.3) is 0 Å². The summed E-state index contributed by atoms with van der Waals surface area (Å²) in [5.74, 6) is -1.22. The van der Waals surface area contributed by atoms with Gasteiger partial charge in [0.2, 0.25) is 15.9 Å². The van der Waals surface area contributed by atoms with Gasteiger partial charge in [0.25, 0.3) is 0 Å². The van der Waals surface area contributed by atoms with Gasteiger partial charge in [-0.05, 0) is 32.1 Å². The molecule has 0 spiro atoms. The third-order valence-electron chi connectivity index (χ3n) is 3.49. The molecule has 2 unspecified atom stereocenters. The zero-order valence-corrected chi connectivity index (χ0v) is 13.4. The van der Waals surface area contributed by atoms with Crippen molar-refractivity contribution in [3.05, 3.63) is 0 Å². The van der Waals surface area contributed by atoms with Crippen LogP contribution in [0.2, 0.25) is 0 Å². The predicted octanol–water partition coefficient (Wildman–Crippen LogP) is 0.418. The van der Waals surface area contributed by atoms with Gasteiger partial charge in [-0.1, -0.05) is 6.92 Å². The number of nitrogens with one attached hydrogen (secondary N) is 1. The average Bonchev–Trinajstić information content (AvgIpc) is 2.36. The van der Waals surface area contributed by atoms with Crippen molar-refractivity contribution in [3.8, 4) is 0 Å². The molecule has 0 radical (unpaired) electrons. The second-order valence-electron chi connectivity index (χ2n) is 5.55. The lowest BCUT2D eigenvalue weighted by Crippen LogP contribution is -2.50. The molecule has 21 heavy (non-hydrogen) atoms. The minimum atomic E-state index is -3.44. The van der Waals surface area contributed by atoms with Crippen molar-refractivity contribution in [2.45, 2.75) is 45.6 Å². The first-order chi connectivity index (χ1) is 9.75. The number of piperidine rings is 1. The lowest BCUT2D eigenvalue weighted by molar-refractivity contribution is -0.141. The van der Waals surface area contributed by atoms with Crippen LogP contribution in [-0.4, -0.2) is 55.2 Å². The fourth-order valence-corrected chi connectivity index (χ4v) is 3.89. The SMILES string of the molecule is CCCS(=O)(=O)NC(C)C(=O)N1CCCC(CC(=O)O)C1. The van der Waals surface area contributed by atoms with Crippen LogP contribution in [0.5, 0.6) is 0 Å². The summed E-state index contributed by atoms with van der Waals surface area (Å²) in [5, 5.41) is 8.82. The van der Waals surface area contributed by atoms with E-state index in [1.807, 2.05) is 0 Å². The first-order valence-electron chi connectivity index (χ1n) is 7.25. The Morgan fingerprint density at radius 1 is 1.43 bits per heavy atom. The maximum atomic E-state index is 12.3. The molecular formula is C13H24N2O5S. The van der Waals surface area contributed by atoms with Crippen molar-refractivity contribution in [2.75, 3.05) is 18.8 Å². The van der Waals surface area contributed by atoms with Gasteiger partial charge in [0.05, 0.1) is 11.8 Å². The molecule has 7 nitrogen and oxygen atoms in total. The summed E-state index contributed by atoms with van der Waals surface area (Å²) in [6.45, 7) is 4.21. The van der Waals surface area contributed by atoms with Crippen molar-refractivity contribution in [2.24, 2.45) is 5.92 Å². The van der Waals surface area contributed by atoms with E-state index in [1.54, 1.807) is 11.8 Å². The second kappa shape index (κ2) is 7.74. The zero-order valence-electron chi connectivity index (χ0n) is 12.5. The summed E-state index contributed by atoms with van der Waals surface area (Å²) in [7, 11) is -3.44. The van der Waals surface area contributed by atoms with Gasteiger partial charge in [0.1, 0.15) is 0 Å². The smallest absolute Gasteiger partial charge is 0.303 e. The molecule has 122 valence electrons. The highest BCUT2D eigenvalue weighted by molar-refractivity contribution is 7.89. The number of likely N-dealkylation sites (tertiary alicyclic amines) is 1. The number of carboxylic acid groups (broad SMARTS) is 1. The van der Waals surface area contributed by atoms with E-state index < -0.39 is 22.0 Å². The largest absolute Gasteiger partial charge is 0.481 e. The lowest BCUT2D eigenvalue weighted by Gasteiger charge is -2.33. The molecule has 1 saturated heterocycles. The van der Waals surface area contributed by atoms with E-state index in [1.165, 1.54) is 6.92 Å². The number of carboxylic acids is 1. The van der Waals surface area contributed by atoms with Gasteiger partial charge in [-0.2, -0.15) is 0 Å². The Balaban J connectivity index is 2.59. The molecule has 0 aromatic heterocycles. The van der Waals surface area contributed by atoms with Gasteiger partial charge in [-0.3, -0.25) is 9.59 Å². The van der Waals surface area contributed by atoms with Crippen molar-refractivity contribution < 1.29 is 23.1 Å². The van der Waals surface area contributed by atoms with E-state index in [9.17, 15) is 18.0 Å². The van der Waals surface area contributed by atoms with E-state index in [0.29, 0.717) is 19.5 Å². The van der Waals surface area contributed by atoms with Crippen LogP contribution in [0, 0.1) is 5.92 Å². The molecule has 1 fully saturated rings. The minimum Gasteiger partial charge on any atom is -0.481 e. The van der Waals surface area contributed by atoms with Gasteiger partial charge >= 0.3 is 5.97 Å². The molecule has 2 atom stereocenters. The molecular weight excluding hydrogens is 296 g/mol. The molecule has 1 rings (SSSR count). The van der Waals surface area contributed by atoms with Gasteiger partial charge in [-0.25, -0.2) is 13.1 Å². The molecule has 2 N–H and O–H groups in total. The molecule has 1 aliphatic heterocycles. The Labute approximate surface area is 125 Å². The number of carbonyl (C=O) groups excluding carboxylic acids is 1. The molecule has 8 heteroatoms. The number of aliphatic carboxylic acids is 1. The van der Waals surface area contributed by atoms with Crippen LogP contribution < -0.4 is 4.72 Å². The normalized spacial score (nSPS) is 21.0. The summed E-state index contributed by atoms with van der Waals surface area (Å²) in [6.07, 6.45) is 2.06. The number of hydrogen-bond acceptors (Lipinski definition) is 4. The van der Waals surface area contributed by atoms with Crippen LogP contribution in [0.1, 0.15) is 39.5 Å². The standard InChI is InChI=1S/C13H24N2O5S/c1-3-7-21(19,20)14-10(2)13(18)15-6-4-5-11(9-15)8-12(16)17/h10-11,14H,3-9H2,1-2H3,(H,16,17). The second-order valence-corrected chi connectivity index (χ2v) is 7.42. The van der Waals surface area contributed by atoms with Gasteiger partial charge in [0, 0.05) is 19.5 Å². The fraction of sp³-hybridized carbons (Fsp3) is 0.846. The zero-order chi connectivity index (χ0) is 16.0. The maximum absolute atomic E-state index is 12.3. The van der Waals surface area contributed by atoms with Gasteiger partial charge < -0.3 is 10.0 Å². The lowest BCUT2D eigenvalue weighted by atomic mass is 9.94. The summed E-state index contributed by atoms with van der Waals surface area (Å²) in [5.41, 5.74) is 0. The van der Waals surface area contributed by atoms with Crippen molar-refractivity contribution in [1.82, 2.24) is 9.62 Å². The van der Waals surface area contributed by atoms with Gasteiger partial charge in [0.15, 0.2) is 0 Å². The van der Waals surface area contributed by atoms with Crippen LogP contribution in [0.4, 0.5) is 0 Å². The van der Waals surface area contributed by atoms with Gasteiger partial charge in [-0.15, -0.1) is 0 Å². The van der Waals surface area contributed by atoms with Crippen LogP contribution in [0.3, 0.4) is 0 Å². The monoisotopic (exact) mass is 320 g/mol. The molecule has 1 heterocycles. The molecule has 0 saturated carbocycles. The van der Waals surface area contributed by atoms with Crippen LogP contribution in [-0.2, 0) is 19.6 Å². The molecule has 0 aromatic rings. The molecule has 0 bridgehead atoms. The number of rotatable bonds is 7. The minimum absolute atomic E-state index is 0.00768. The van der Waals surface area contributed by atoms with E-state index in [2.05, 4.69) is 4.72 Å². The Bertz CT molecular complexity index is 477. The quantitative estimate of drug-likeness (QED) is 0.707. The number of hydrogen-bond donors (Lipinski definition) is 2.